The zero-order valence-corrected chi connectivity index (χ0v) is 24.5. The molecule has 2 aliphatic heterocycles. The van der Waals surface area contributed by atoms with Crippen molar-refractivity contribution in [1.82, 2.24) is 9.47 Å². The first-order valence-electron chi connectivity index (χ1n) is 13.0. The molecule has 41 heavy (non-hydrogen) atoms. The van der Waals surface area contributed by atoms with E-state index < -0.39 is 0 Å². The van der Waals surface area contributed by atoms with Crippen molar-refractivity contribution in [2.24, 2.45) is 0 Å². The van der Waals surface area contributed by atoms with Crippen molar-refractivity contribution in [3.8, 4) is 23.3 Å². The lowest BCUT2D eigenvalue weighted by molar-refractivity contribution is -0.122. The molecule has 1 amide bonds. The number of carbonyl (C=O) groups is 1. The number of methoxy groups -OCH3 is 1. The number of fused-ring (bicyclic) bond motifs is 1. The fourth-order valence-corrected chi connectivity index (χ4v) is 6.04. The summed E-state index contributed by atoms with van der Waals surface area (Å²) in [6, 6.07) is 15.4. The SMILES string of the molecule is CCn1c(NCc2ccc3c(c2)OCO3)c(/C=C2/SC(=S)N(CCc3ccc(OC)cc3)C2=O)c(C)c(C#N)c1=O. The van der Waals surface area contributed by atoms with Crippen LogP contribution in [0.3, 0.4) is 0 Å². The predicted molar refractivity (Wildman–Crippen MR) is 162 cm³/mol. The molecule has 0 saturated carbocycles. The number of aromatic nitrogens is 1. The minimum Gasteiger partial charge on any atom is -0.497 e. The van der Waals surface area contributed by atoms with Crippen LogP contribution >= 0.6 is 24.0 Å². The molecule has 11 heteroatoms. The van der Waals surface area contributed by atoms with Crippen molar-refractivity contribution in [3.63, 3.8) is 0 Å². The van der Waals surface area contributed by atoms with Gasteiger partial charge in [0.2, 0.25) is 6.79 Å². The highest BCUT2D eigenvalue weighted by atomic mass is 32.2. The Bertz CT molecular complexity index is 1660. The van der Waals surface area contributed by atoms with Gasteiger partial charge in [-0.15, -0.1) is 0 Å². The van der Waals surface area contributed by atoms with E-state index in [1.807, 2.05) is 49.4 Å². The van der Waals surface area contributed by atoms with Crippen molar-refractivity contribution < 1.29 is 19.0 Å². The maximum atomic E-state index is 13.5. The van der Waals surface area contributed by atoms with Gasteiger partial charge in [0.1, 0.15) is 27.5 Å². The summed E-state index contributed by atoms with van der Waals surface area (Å²) in [5, 5.41) is 13.2. The summed E-state index contributed by atoms with van der Waals surface area (Å²) in [4.78, 5) is 28.7. The van der Waals surface area contributed by atoms with Gasteiger partial charge in [0.25, 0.3) is 11.5 Å². The van der Waals surface area contributed by atoms with Gasteiger partial charge in [-0.1, -0.05) is 42.2 Å². The van der Waals surface area contributed by atoms with Gasteiger partial charge in [0.05, 0.1) is 12.0 Å². The number of benzene rings is 2. The summed E-state index contributed by atoms with van der Waals surface area (Å²) < 4.78 is 18.1. The number of nitrogens with zero attached hydrogens (tertiary/aromatic N) is 3. The topological polar surface area (TPSA) is 106 Å². The molecule has 0 atom stereocenters. The molecule has 3 heterocycles. The summed E-state index contributed by atoms with van der Waals surface area (Å²) in [6.07, 6.45) is 2.36. The first-order chi connectivity index (χ1) is 19.8. The molecule has 2 aliphatic rings. The molecule has 1 fully saturated rings. The first kappa shape index (κ1) is 28.3. The summed E-state index contributed by atoms with van der Waals surface area (Å²) in [5.74, 6) is 2.43. The molecule has 3 aromatic rings. The van der Waals surface area contributed by atoms with Crippen molar-refractivity contribution in [1.29, 1.82) is 5.26 Å². The van der Waals surface area contributed by atoms with Crippen LogP contribution in [0.15, 0.2) is 52.2 Å². The number of hydrogen-bond donors (Lipinski definition) is 1. The van der Waals surface area contributed by atoms with Gasteiger partial charge in [-0.2, -0.15) is 5.26 Å². The quantitative estimate of drug-likeness (QED) is 0.278. The van der Waals surface area contributed by atoms with E-state index in [0.29, 0.717) is 63.7 Å². The van der Waals surface area contributed by atoms with E-state index in [0.717, 1.165) is 16.9 Å². The monoisotopic (exact) mass is 588 g/mol. The van der Waals surface area contributed by atoms with E-state index in [9.17, 15) is 14.9 Å². The number of anilines is 1. The Morgan fingerprint density at radius 2 is 1.88 bits per heavy atom. The third kappa shape index (κ3) is 5.66. The predicted octanol–water partition coefficient (Wildman–Crippen LogP) is 4.84. The molecule has 1 saturated heterocycles. The second-order valence-electron chi connectivity index (χ2n) is 9.40. The fourth-order valence-electron chi connectivity index (χ4n) is 4.75. The van der Waals surface area contributed by atoms with Crippen LogP contribution in [0.25, 0.3) is 6.08 Å². The van der Waals surface area contributed by atoms with E-state index in [2.05, 4.69) is 11.4 Å². The van der Waals surface area contributed by atoms with Crippen LogP contribution in [-0.4, -0.2) is 40.1 Å². The van der Waals surface area contributed by atoms with Gasteiger partial charge in [-0.05, 0) is 67.3 Å². The van der Waals surface area contributed by atoms with Crippen LogP contribution in [0.4, 0.5) is 5.82 Å². The Balaban J connectivity index is 1.45. The minimum absolute atomic E-state index is 0.0433. The summed E-state index contributed by atoms with van der Waals surface area (Å²) in [5.41, 5.74) is 2.73. The Morgan fingerprint density at radius 1 is 1.15 bits per heavy atom. The lowest BCUT2D eigenvalue weighted by Gasteiger charge is -2.19. The second-order valence-corrected chi connectivity index (χ2v) is 11.1. The van der Waals surface area contributed by atoms with E-state index in [1.54, 1.807) is 25.0 Å². The lowest BCUT2D eigenvalue weighted by Crippen LogP contribution is -2.30. The van der Waals surface area contributed by atoms with Gasteiger partial charge in [0, 0.05) is 25.2 Å². The summed E-state index contributed by atoms with van der Waals surface area (Å²) >= 11 is 6.78. The first-order valence-corrected chi connectivity index (χ1v) is 14.2. The molecular formula is C30H28N4O5S2. The number of rotatable bonds is 9. The van der Waals surface area contributed by atoms with Crippen molar-refractivity contribution in [2.75, 3.05) is 25.8 Å². The third-order valence-electron chi connectivity index (χ3n) is 7.02. The van der Waals surface area contributed by atoms with E-state index in [4.69, 9.17) is 26.4 Å². The largest absolute Gasteiger partial charge is 0.497 e. The molecule has 0 bridgehead atoms. The molecule has 1 N–H and O–H groups in total. The van der Waals surface area contributed by atoms with Gasteiger partial charge in [-0.25, -0.2) is 0 Å². The molecule has 0 spiro atoms. The number of carbonyl (C=O) groups excluding carboxylic acids is 1. The van der Waals surface area contributed by atoms with Crippen LogP contribution in [0.1, 0.15) is 34.7 Å². The lowest BCUT2D eigenvalue weighted by atomic mass is 10.0. The van der Waals surface area contributed by atoms with E-state index >= 15 is 0 Å². The number of amides is 1. The highest BCUT2D eigenvalue weighted by Crippen LogP contribution is 2.36. The minimum atomic E-state index is -0.384. The zero-order valence-electron chi connectivity index (χ0n) is 22.9. The molecule has 210 valence electrons. The average Bonchev–Trinajstić information content (AvgIpc) is 3.55. The molecule has 5 rings (SSSR count). The Kier molecular flexibility index (Phi) is 8.33. The number of pyridine rings is 1. The third-order valence-corrected chi connectivity index (χ3v) is 8.40. The number of hydrogen-bond acceptors (Lipinski definition) is 9. The number of nitrogens with one attached hydrogen (secondary N) is 1. The standard InChI is InChI=1S/C30H28N4O5S2/c1-4-33-27(32-16-20-7-10-24-25(13-20)39-17-38-24)22(18(2)23(15-31)28(33)35)14-26-29(36)34(30(40)41-26)12-11-19-5-8-21(37-3)9-6-19/h5-10,13-14,32H,4,11-12,16-17H2,1-3H3/b26-14+. The highest BCUT2D eigenvalue weighted by Gasteiger charge is 2.32. The van der Waals surface area contributed by atoms with Crippen molar-refractivity contribution >= 4 is 46.1 Å². The van der Waals surface area contributed by atoms with Crippen LogP contribution < -0.4 is 25.1 Å². The Labute approximate surface area is 247 Å². The molecule has 0 unspecified atom stereocenters. The van der Waals surface area contributed by atoms with E-state index in [1.165, 1.54) is 16.3 Å². The number of thiocarbonyl (C=S) groups is 1. The maximum Gasteiger partial charge on any atom is 0.270 e. The molecule has 2 aromatic carbocycles. The average molecular weight is 589 g/mol. The number of nitriles is 1. The highest BCUT2D eigenvalue weighted by molar-refractivity contribution is 8.26. The van der Waals surface area contributed by atoms with Gasteiger partial charge in [0.15, 0.2) is 11.5 Å². The van der Waals surface area contributed by atoms with Gasteiger partial charge in [-0.3, -0.25) is 19.1 Å². The summed E-state index contributed by atoms with van der Waals surface area (Å²) in [7, 11) is 1.62. The molecular weight excluding hydrogens is 560 g/mol. The molecule has 0 radical (unpaired) electrons. The second kappa shape index (κ2) is 12.1. The molecule has 9 nitrogen and oxygen atoms in total. The Hall–Kier alpha value is -4.27. The molecule has 0 aliphatic carbocycles. The van der Waals surface area contributed by atoms with Gasteiger partial charge >= 0.3 is 0 Å². The Morgan fingerprint density at radius 3 is 2.59 bits per heavy atom. The fraction of sp³-hybridized carbons (Fsp3) is 0.267. The zero-order chi connectivity index (χ0) is 29.1. The van der Waals surface area contributed by atoms with Crippen LogP contribution in [0.5, 0.6) is 17.2 Å². The van der Waals surface area contributed by atoms with Crippen LogP contribution in [0.2, 0.25) is 0 Å². The van der Waals surface area contributed by atoms with Crippen molar-refractivity contribution in [2.45, 2.75) is 33.4 Å². The van der Waals surface area contributed by atoms with E-state index in [-0.39, 0.29) is 23.8 Å². The van der Waals surface area contributed by atoms with Gasteiger partial charge < -0.3 is 19.5 Å². The number of ether oxygens (including phenoxy) is 3. The maximum absolute atomic E-state index is 13.5. The smallest absolute Gasteiger partial charge is 0.270 e. The number of thioether (sulfide) groups is 1. The van der Waals surface area contributed by atoms with Crippen LogP contribution in [-0.2, 0) is 24.3 Å². The van der Waals surface area contributed by atoms with Crippen molar-refractivity contribution in [3.05, 3.63) is 85.5 Å². The summed E-state index contributed by atoms with van der Waals surface area (Å²) in [6.45, 7) is 4.89. The van der Waals surface area contributed by atoms with Crippen LogP contribution in [0, 0.1) is 18.3 Å². The molecule has 1 aromatic heterocycles. The normalized spacial score (nSPS) is 15.0.